The molecule has 21 heavy (non-hydrogen) atoms. The number of rotatable bonds is 8. The molecule has 6 heteroatoms. The summed E-state index contributed by atoms with van der Waals surface area (Å²) in [6, 6.07) is 2.17. The molecule has 1 aromatic rings. The Labute approximate surface area is 133 Å². The number of aromatic nitrogens is 1. The van der Waals surface area contributed by atoms with Gasteiger partial charge < -0.3 is 4.57 Å². The molecule has 0 N–H and O–H groups in total. The first-order chi connectivity index (χ1) is 9.93. The van der Waals surface area contributed by atoms with Gasteiger partial charge in [-0.05, 0) is 24.8 Å². The molecule has 0 spiro atoms. The average molecular weight is 333 g/mol. The molecular weight excluding hydrogens is 308 g/mol. The summed E-state index contributed by atoms with van der Waals surface area (Å²) in [6.45, 7) is 7.12. The van der Waals surface area contributed by atoms with Gasteiger partial charge in [0, 0.05) is 31.0 Å². The van der Waals surface area contributed by atoms with Crippen LogP contribution in [0, 0.1) is 5.92 Å². The second kappa shape index (κ2) is 6.71. The molecule has 1 aliphatic rings. The first kappa shape index (κ1) is 16.8. The van der Waals surface area contributed by atoms with Crippen molar-refractivity contribution in [2.45, 2.75) is 56.9 Å². The van der Waals surface area contributed by atoms with Crippen molar-refractivity contribution < 1.29 is 8.42 Å². The molecule has 1 atom stereocenters. The second-order valence-electron chi connectivity index (χ2n) is 5.91. The maximum atomic E-state index is 12.8. The van der Waals surface area contributed by atoms with Gasteiger partial charge in [0.2, 0.25) is 10.0 Å². The van der Waals surface area contributed by atoms with E-state index in [0.717, 1.165) is 25.0 Å². The lowest BCUT2D eigenvalue weighted by Gasteiger charge is -2.22. The smallest absolute Gasteiger partial charge is 0.244 e. The molecule has 0 bridgehead atoms. The zero-order chi connectivity index (χ0) is 15.6. The van der Waals surface area contributed by atoms with Crippen molar-refractivity contribution >= 4 is 21.6 Å². The normalized spacial score (nSPS) is 17.4. The molecule has 2 rings (SSSR count). The fraction of sp³-hybridized carbons (Fsp3) is 0.733. The molecule has 1 aromatic heterocycles. The molecule has 120 valence electrons. The van der Waals surface area contributed by atoms with Crippen molar-refractivity contribution in [3.63, 3.8) is 0 Å². The molecule has 0 aliphatic heterocycles. The summed E-state index contributed by atoms with van der Waals surface area (Å²) in [4.78, 5) is 0.384. The van der Waals surface area contributed by atoms with E-state index in [9.17, 15) is 8.42 Å². The second-order valence-corrected chi connectivity index (χ2v) is 8.11. The Kier molecular flexibility index (Phi) is 5.38. The minimum atomic E-state index is -3.42. The van der Waals surface area contributed by atoms with Gasteiger partial charge in [-0.2, -0.15) is 4.31 Å². The van der Waals surface area contributed by atoms with E-state index < -0.39 is 10.0 Å². The molecule has 1 fully saturated rings. The molecule has 0 amide bonds. The minimum Gasteiger partial charge on any atom is -0.346 e. The first-order valence-corrected chi connectivity index (χ1v) is 9.68. The molecule has 0 saturated heterocycles. The van der Waals surface area contributed by atoms with Crippen LogP contribution in [0.2, 0.25) is 0 Å². The quantitative estimate of drug-likeness (QED) is 0.682. The van der Waals surface area contributed by atoms with Crippen molar-refractivity contribution in [1.82, 2.24) is 8.87 Å². The van der Waals surface area contributed by atoms with Gasteiger partial charge >= 0.3 is 0 Å². The van der Waals surface area contributed by atoms with Crippen LogP contribution in [0.3, 0.4) is 0 Å². The van der Waals surface area contributed by atoms with Gasteiger partial charge in [-0.15, -0.1) is 11.6 Å². The van der Waals surface area contributed by atoms with Crippen molar-refractivity contribution in [1.29, 1.82) is 0 Å². The lowest BCUT2D eigenvalue weighted by molar-refractivity contribution is 0.361. The number of alkyl halides is 1. The highest BCUT2D eigenvalue weighted by Crippen LogP contribution is 2.38. The van der Waals surface area contributed by atoms with E-state index >= 15 is 0 Å². The standard InChI is InChI=1S/C15H25ClN2O2S/c1-4-12(3)10-17(5-2)21(19,20)15-8-14(9-16)18(11-15)13-6-7-13/h8,11-13H,4-7,9-10H2,1-3H3. The van der Waals surface area contributed by atoms with E-state index in [1.807, 2.05) is 11.5 Å². The highest BCUT2D eigenvalue weighted by molar-refractivity contribution is 7.89. The van der Waals surface area contributed by atoms with Gasteiger partial charge in [0.15, 0.2) is 0 Å². The number of hydrogen-bond acceptors (Lipinski definition) is 2. The van der Waals surface area contributed by atoms with Crippen molar-refractivity contribution in [3.05, 3.63) is 18.0 Å². The lowest BCUT2D eigenvalue weighted by atomic mass is 10.1. The monoisotopic (exact) mass is 332 g/mol. The van der Waals surface area contributed by atoms with Crippen LogP contribution in [0.1, 0.15) is 51.8 Å². The predicted octanol–water partition coefficient (Wildman–Crippen LogP) is 3.62. The van der Waals surface area contributed by atoms with Gasteiger partial charge in [-0.3, -0.25) is 0 Å². The molecule has 0 radical (unpaired) electrons. The minimum absolute atomic E-state index is 0.351. The Morgan fingerprint density at radius 3 is 2.57 bits per heavy atom. The largest absolute Gasteiger partial charge is 0.346 e. The van der Waals surface area contributed by atoms with Crippen LogP contribution in [-0.2, 0) is 15.9 Å². The molecule has 1 unspecified atom stereocenters. The third-order valence-electron chi connectivity index (χ3n) is 4.19. The van der Waals surface area contributed by atoms with E-state index in [1.54, 1.807) is 16.6 Å². The lowest BCUT2D eigenvalue weighted by Crippen LogP contribution is -2.34. The van der Waals surface area contributed by atoms with Gasteiger partial charge in [0.05, 0.1) is 5.88 Å². The zero-order valence-electron chi connectivity index (χ0n) is 13.0. The Balaban J connectivity index is 2.29. The van der Waals surface area contributed by atoms with Gasteiger partial charge in [-0.1, -0.05) is 27.2 Å². The van der Waals surface area contributed by atoms with E-state index in [-0.39, 0.29) is 0 Å². The maximum Gasteiger partial charge on any atom is 0.244 e. The summed E-state index contributed by atoms with van der Waals surface area (Å²) in [5.74, 6) is 0.710. The molecular formula is C15H25ClN2O2S. The Morgan fingerprint density at radius 1 is 1.43 bits per heavy atom. The molecule has 4 nitrogen and oxygen atoms in total. The van der Waals surface area contributed by atoms with Crippen LogP contribution in [0.4, 0.5) is 0 Å². The van der Waals surface area contributed by atoms with E-state index in [0.29, 0.717) is 35.8 Å². The average Bonchev–Trinajstić information content (AvgIpc) is 3.22. The highest BCUT2D eigenvalue weighted by Gasteiger charge is 2.30. The van der Waals surface area contributed by atoms with Gasteiger partial charge in [-0.25, -0.2) is 8.42 Å². The fourth-order valence-corrected chi connectivity index (χ4v) is 4.30. The maximum absolute atomic E-state index is 12.8. The fourth-order valence-electron chi connectivity index (χ4n) is 2.46. The Hall–Kier alpha value is -0.520. The third-order valence-corrected chi connectivity index (χ3v) is 6.37. The number of hydrogen-bond donors (Lipinski definition) is 0. The van der Waals surface area contributed by atoms with Crippen LogP contribution in [0.5, 0.6) is 0 Å². The summed E-state index contributed by atoms with van der Waals surface area (Å²) >= 11 is 5.96. The molecule has 1 aliphatic carbocycles. The topological polar surface area (TPSA) is 42.3 Å². The van der Waals surface area contributed by atoms with Gasteiger partial charge in [0.25, 0.3) is 0 Å². The predicted molar refractivity (Wildman–Crippen MR) is 86.1 cm³/mol. The summed E-state index contributed by atoms with van der Waals surface area (Å²) in [5.41, 5.74) is 0.900. The summed E-state index contributed by atoms with van der Waals surface area (Å²) < 4.78 is 29.2. The molecule has 1 heterocycles. The van der Waals surface area contributed by atoms with Crippen LogP contribution in [0.15, 0.2) is 17.2 Å². The number of nitrogens with zero attached hydrogens (tertiary/aromatic N) is 2. The molecule has 1 saturated carbocycles. The highest BCUT2D eigenvalue weighted by atomic mass is 35.5. The van der Waals surface area contributed by atoms with Crippen molar-refractivity contribution in [2.24, 2.45) is 5.92 Å². The molecule has 0 aromatic carbocycles. The Morgan fingerprint density at radius 2 is 2.10 bits per heavy atom. The van der Waals surface area contributed by atoms with Crippen LogP contribution >= 0.6 is 11.6 Å². The zero-order valence-corrected chi connectivity index (χ0v) is 14.6. The van der Waals surface area contributed by atoms with Crippen molar-refractivity contribution in [3.8, 4) is 0 Å². The number of halogens is 1. The van der Waals surface area contributed by atoms with Crippen LogP contribution in [-0.4, -0.2) is 30.4 Å². The Bertz CT molecular complexity index is 578. The number of sulfonamides is 1. The van der Waals surface area contributed by atoms with E-state index in [1.165, 1.54) is 0 Å². The SMILES string of the molecule is CCC(C)CN(CC)S(=O)(=O)c1cc(CCl)n(C2CC2)c1. The van der Waals surface area contributed by atoms with Crippen molar-refractivity contribution in [2.75, 3.05) is 13.1 Å². The first-order valence-electron chi connectivity index (χ1n) is 7.70. The van der Waals surface area contributed by atoms with Crippen LogP contribution < -0.4 is 0 Å². The summed E-state index contributed by atoms with van der Waals surface area (Å²) in [5, 5.41) is 0. The van der Waals surface area contributed by atoms with E-state index in [2.05, 4.69) is 13.8 Å². The van der Waals surface area contributed by atoms with Crippen LogP contribution in [0.25, 0.3) is 0 Å². The van der Waals surface area contributed by atoms with Gasteiger partial charge in [0.1, 0.15) is 4.90 Å². The third kappa shape index (κ3) is 3.63. The van der Waals surface area contributed by atoms with E-state index in [4.69, 9.17) is 11.6 Å². The summed E-state index contributed by atoms with van der Waals surface area (Å²) in [7, 11) is -3.42. The summed E-state index contributed by atoms with van der Waals surface area (Å²) in [6.07, 6.45) is 4.97.